The first-order chi connectivity index (χ1) is 9.11. The number of nitrogens with one attached hydrogen (secondary N) is 1. The molecule has 0 saturated carbocycles. The van der Waals surface area contributed by atoms with Crippen LogP contribution in [0.15, 0.2) is 24.3 Å². The van der Waals surface area contributed by atoms with Gasteiger partial charge in [-0.05, 0) is 24.6 Å². The van der Waals surface area contributed by atoms with Gasteiger partial charge in [0.15, 0.2) is 0 Å². The Hall–Kier alpha value is -1.10. The van der Waals surface area contributed by atoms with Crippen LogP contribution in [0.25, 0.3) is 0 Å². The van der Waals surface area contributed by atoms with Gasteiger partial charge in [0.05, 0.1) is 6.61 Å². The number of aliphatic hydroxyl groups is 1. The first kappa shape index (κ1) is 16.0. The Morgan fingerprint density at radius 3 is 2.47 bits per heavy atom. The molecule has 0 bridgehead atoms. The monoisotopic (exact) mass is 267 g/mol. The van der Waals surface area contributed by atoms with Gasteiger partial charge in [0, 0.05) is 19.2 Å². The van der Waals surface area contributed by atoms with E-state index < -0.39 is 6.10 Å². The van der Waals surface area contributed by atoms with Crippen LogP contribution in [0.5, 0.6) is 5.75 Å². The highest BCUT2D eigenvalue weighted by Crippen LogP contribution is 2.13. The van der Waals surface area contributed by atoms with Crippen LogP contribution in [0.4, 0.5) is 0 Å². The van der Waals surface area contributed by atoms with Crippen molar-refractivity contribution in [1.29, 1.82) is 0 Å². The zero-order chi connectivity index (χ0) is 14.1. The fourth-order valence-corrected chi connectivity index (χ4v) is 1.52. The summed E-state index contributed by atoms with van der Waals surface area (Å²) in [5.74, 6) is 0.767. The molecule has 0 aliphatic heterocycles. The lowest BCUT2D eigenvalue weighted by atomic mass is 10.2. The van der Waals surface area contributed by atoms with Crippen LogP contribution in [0.2, 0.25) is 0 Å². The van der Waals surface area contributed by atoms with E-state index in [-0.39, 0.29) is 0 Å². The Morgan fingerprint density at radius 1 is 1.21 bits per heavy atom. The van der Waals surface area contributed by atoms with E-state index in [1.165, 1.54) is 0 Å². The zero-order valence-electron chi connectivity index (χ0n) is 12.1. The molecule has 0 heterocycles. The third kappa shape index (κ3) is 7.15. The standard InChI is InChI=1S/C15H25NO3/c1-4-18-10-13-5-7-15(8-6-13)19-11-14(17)9-16-12(2)3/h5-8,12,14,16-17H,4,9-11H2,1-3H3. The van der Waals surface area contributed by atoms with Gasteiger partial charge in [0.1, 0.15) is 18.5 Å². The summed E-state index contributed by atoms with van der Waals surface area (Å²) in [4.78, 5) is 0. The molecule has 0 radical (unpaired) electrons. The van der Waals surface area contributed by atoms with Crippen LogP contribution in [-0.4, -0.2) is 37.0 Å². The van der Waals surface area contributed by atoms with E-state index in [0.717, 1.165) is 11.3 Å². The van der Waals surface area contributed by atoms with Gasteiger partial charge in [-0.2, -0.15) is 0 Å². The lowest BCUT2D eigenvalue weighted by Gasteiger charge is -2.15. The Bertz CT molecular complexity index is 338. The smallest absolute Gasteiger partial charge is 0.119 e. The van der Waals surface area contributed by atoms with Gasteiger partial charge in [-0.15, -0.1) is 0 Å². The van der Waals surface area contributed by atoms with Gasteiger partial charge >= 0.3 is 0 Å². The largest absolute Gasteiger partial charge is 0.491 e. The minimum atomic E-state index is -0.495. The molecule has 19 heavy (non-hydrogen) atoms. The summed E-state index contributed by atoms with van der Waals surface area (Å²) in [6.45, 7) is 8.25. The molecular weight excluding hydrogens is 242 g/mol. The predicted molar refractivity (Wildman–Crippen MR) is 76.4 cm³/mol. The second kappa shape index (κ2) is 8.91. The highest BCUT2D eigenvalue weighted by atomic mass is 16.5. The third-order valence-electron chi connectivity index (χ3n) is 2.60. The molecule has 1 unspecified atom stereocenters. The molecule has 0 aliphatic carbocycles. The highest BCUT2D eigenvalue weighted by Gasteiger charge is 2.05. The van der Waals surface area contributed by atoms with Crippen molar-refractivity contribution < 1.29 is 14.6 Å². The first-order valence-corrected chi connectivity index (χ1v) is 6.82. The van der Waals surface area contributed by atoms with E-state index in [1.54, 1.807) is 0 Å². The van der Waals surface area contributed by atoms with Crippen LogP contribution in [0.1, 0.15) is 26.3 Å². The Balaban J connectivity index is 2.29. The lowest BCUT2D eigenvalue weighted by Crippen LogP contribution is -2.35. The molecule has 0 saturated heterocycles. The molecule has 0 aromatic heterocycles. The van der Waals surface area contributed by atoms with Crippen molar-refractivity contribution in [2.45, 2.75) is 39.5 Å². The predicted octanol–water partition coefficient (Wildman–Crippen LogP) is 1.96. The third-order valence-corrected chi connectivity index (χ3v) is 2.60. The molecule has 0 spiro atoms. The maximum atomic E-state index is 9.72. The quantitative estimate of drug-likeness (QED) is 0.718. The maximum absolute atomic E-state index is 9.72. The van der Waals surface area contributed by atoms with Gasteiger partial charge < -0.3 is 19.9 Å². The number of aliphatic hydroxyl groups excluding tert-OH is 1. The van der Waals surface area contributed by atoms with E-state index in [0.29, 0.717) is 32.4 Å². The Labute approximate surface area is 115 Å². The molecule has 4 nitrogen and oxygen atoms in total. The number of ether oxygens (including phenoxy) is 2. The number of benzene rings is 1. The van der Waals surface area contributed by atoms with E-state index in [2.05, 4.69) is 5.32 Å². The molecule has 1 atom stereocenters. The van der Waals surface area contributed by atoms with Crippen LogP contribution >= 0.6 is 0 Å². The maximum Gasteiger partial charge on any atom is 0.119 e. The molecule has 1 aromatic carbocycles. The van der Waals surface area contributed by atoms with Crippen molar-refractivity contribution in [3.05, 3.63) is 29.8 Å². The second-order valence-electron chi connectivity index (χ2n) is 4.81. The summed E-state index contributed by atoms with van der Waals surface area (Å²) < 4.78 is 10.9. The van der Waals surface area contributed by atoms with Crippen molar-refractivity contribution in [1.82, 2.24) is 5.32 Å². The summed E-state index contributed by atoms with van der Waals surface area (Å²) in [5, 5.41) is 12.9. The molecule has 0 fully saturated rings. The molecule has 4 heteroatoms. The molecule has 1 aromatic rings. The van der Waals surface area contributed by atoms with Crippen molar-refractivity contribution in [3.8, 4) is 5.75 Å². The van der Waals surface area contributed by atoms with Crippen LogP contribution < -0.4 is 10.1 Å². The van der Waals surface area contributed by atoms with Gasteiger partial charge in [-0.1, -0.05) is 26.0 Å². The van der Waals surface area contributed by atoms with Crippen LogP contribution in [-0.2, 0) is 11.3 Å². The summed E-state index contributed by atoms with van der Waals surface area (Å²) in [6.07, 6.45) is -0.495. The van der Waals surface area contributed by atoms with E-state index in [9.17, 15) is 5.11 Å². The van der Waals surface area contributed by atoms with Gasteiger partial charge in [0.25, 0.3) is 0 Å². The molecule has 2 N–H and O–H groups in total. The SMILES string of the molecule is CCOCc1ccc(OCC(O)CNC(C)C)cc1. The number of hydrogen-bond donors (Lipinski definition) is 2. The molecular formula is C15H25NO3. The van der Waals surface area contributed by atoms with Crippen LogP contribution in [0, 0.1) is 0 Å². The highest BCUT2D eigenvalue weighted by molar-refractivity contribution is 5.26. The fourth-order valence-electron chi connectivity index (χ4n) is 1.52. The van der Waals surface area contributed by atoms with E-state index >= 15 is 0 Å². The van der Waals surface area contributed by atoms with Crippen molar-refractivity contribution >= 4 is 0 Å². The first-order valence-electron chi connectivity index (χ1n) is 6.82. The molecule has 0 aliphatic rings. The second-order valence-corrected chi connectivity index (χ2v) is 4.81. The topological polar surface area (TPSA) is 50.7 Å². The Kier molecular flexibility index (Phi) is 7.48. The average molecular weight is 267 g/mol. The van der Waals surface area contributed by atoms with E-state index in [4.69, 9.17) is 9.47 Å². The van der Waals surface area contributed by atoms with Gasteiger partial charge in [-0.25, -0.2) is 0 Å². The lowest BCUT2D eigenvalue weighted by molar-refractivity contribution is 0.104. The normalized spacial score (nSPS) is 12.7. The summed E-state index contributed by atoms with van der Waals surface area (Å²) in [5.41, 5.74) is 1.12. The van der Waals surface area contributed by atoms with Crippen LogP contribution in [0.3, 0.4) is 0 Å². The zero-order valence-corrected chi connectivity index (χ0v) is 12.1. The average Bonchev–Trinajstić information content (AvgIpc) is 2.41. The van der Waals surface area contributed by atoms with Gasteiger partial charge in [0.2, 0.25) is 0 Å². The molecule has 108 valence electrons. The Morgan fingerprint density at radius 2 is 1.89 bits per heavy atom. The van der Waals surface area contributed by atoms with Crippen molar-refractivity contribution in [2.24, 2.45) is 0 Å². The molecule has 1 rings (SSSR count). The van der Waals surface area contributed by atoms with Crippen molar-refractivity contribution in [3.63, 3.8) is 0 Å². The summed E-state index contributed by atoms with van der Waals surface area (Å²) in [6, 6.07) is 8.12. The van der Waals surface area contributed by atoms with Crippen molar-refractivity contribution in [2.75, 3.05) is 19.8 Å². The van der Waals surface area contributed by atoms with E-state index in [1.807, 2.05) is 45.0 Å². The summed E-state index contributed by atoms with van der Waals surface area (Å²) in [7, 11) is 0. The number of rotatable bonds is 9. The van der Waals surface area contributed by atoms with Gasteiger partial charge in [-0.3, -0.25) is 0 Å². The molecule has 0 amide bonds. The number of hydrogen-bond acceptors (Lipinski definition) is 4. The minimum absolute atomic E-state index is 0.296. The minimum Gasteiger partial charge on any atom is -0.491 e. The summed E-state index contributed by atoms with van der Waals surface area (Å²) >= 11 is 0. The fraction of sp³-hybridized carbons (Fsp3) is 0.600.